The number of hydrogen-bond acceptors (Lipinski definition) is 20. The molecular weight excluding hydrogens is 1090 g/mol. The molecule has 0 aliphatic heterocycles. The van der Waals surface area contributed by atoms with Gasteiger partial charge < -0.3 is 69.5 Å². The van der Waals surface area contributed by atoms with Crippen molar-refractivity contribution in [2.75, 3.05) is 158 Å². The Morgan fingerprint density at radius 2 is 0.487 bits per heavy atom. The van der Waals surface area contributed by atoms with E-state index in [2.05, 4.69) is 59.2 Å². The Kier molecular flexibility index (Phi) is 31.2. The number of thiophene rings is 6. The predicted molar refractivity (Wildman–Crippen MR) is 310 cm³/mol. The minimum atomic E-state index is -0.0717. The van der Waals surface area contributed by atoms with E-state index in [-0.39, 0.29) is 11.8 Å². The van der Waals surface area contributed by atoms with Crippen LogP contribution in [0, 0.1) is 0 Å². The number of amides is 2. The summed E-state index contributed by atoms with van der Waals surface area (Å²) in [6, 6.07) is 25.3. The van der Waals surface area contributed by atoms with Crippen molar-refractivity contribution in [1.29, 1.82) is 0 Å². The van der Waals surface area contributed by atoms with E-state index in [1.165, 1.54) is 51.9 Å². The van der Waals surface area contributed by atoms with Crippen LogP contribution >= 0.6 is 68.0 Å². The van der Waals surface area contributed by atoms with Crippen molar-refractivity contribution in [3.05, 3.63) is 82.6 Å². The van der Waals surface area contributed by atoms with Crippen molar-refractivity contribution in [1.82, 2.24) is 10.6 Å². The molecule has 0 bridgehead atoms. The smallest absolute Gasteiger partial charge is 0.261 e. The van der Waals surface area contributed by atoms with Crippen LogP contribution in [0.15, 0.2) is 72.8 Å². The number of hydrogen-bond donors (Lipinski definition) is 4. The molecule has 0 radical (unpaired) electrons. The number of ether oxygens (including phenoxy) is 10. The molecule has 0 fully saturated rings. The first-order valence-electron chi connectivity index (χ1n) is 25.9. The number of carbonyl (C=O) groups is 2. The van der Waals surface area contributed by atoms with Crippen LogP contribution in [0.5, 0.6) is 0 Å². The lowest BCUT2D eigenvalue weighted by Crippen LogP contribution is -2.24. The Bertz CT molecular complexity index is 2300. The van der Waals surface area contributed by atoms with Gasteiger partial charge in [0.25, 0.3) is 11.8 Å². The average Bonchev–Trinajstić information content (AvgIpc) is 4.31. The lowest BCUT2D eigenvalue weighted by atomic mass is 10.3. The van der Waals surface area contributed by atoms with Gasteiger partial charge in [-0.3, -0.25) is 9.59 Å². The zero-order chi connectivity index (χ0) is 53.1. The summed E-state index contributed by atoms with van der Waals surface area (Å²) in [6.07, 6.45) is 3.15. The molecule has 6 aromatic rings. The number of rotatable bonds is 45. The molecule has 0 unspecified atom stereocenters. The van der Waals surface area contributed by atoms with E-state index in [9.17, 15) is 9.59 Å². The third-order valence-electron chi connectivity index (χ3n) is 10.8. The highest BCUT2D eigenvalue weighted by atomic mass is 32.1. The quantitative estimate of drug-likeness (QED) is 0.0263. The monoisotopic (exact) mass is 1160 g/mol. The van der Waals surface area contributed by atoms with Gasteiger partial charge in [0.15, 0.2) is 0 Å². The maximum absolute atomic E-state index is 12.9. The first-order valence-corrected chi connectivity index (χ1v) is 30.8. The summed E-state index contributed by atoms with van der Waals surface area (Å²) in [7, 11) is 0. The molecule has 2 amide bonds. The largest absolute Gasteiger partial charge is 0.379 e. The van der Waals surface area contributed by atoms with Crippen LogP contribution in [0.1, 0.15) is 45.0 Å². The van der Waals surface area contributed by atoms with E-state index in [1.807, 2.05) is 24.3 Å². The van der Waals surface area contributed by atoms with Crippen molar-refractivity contribution in [3.8, 4) is 48.8 Å². The lowest BCUT2D eigenvalue weighted by Gasteiger charge is -2.08. The zero-order valence-corrected chi connectivity index (χ0v) is 48.1. The third-order valence-corrected chi connectivity index (χ3v) is 18.2. The Morgan fingerprint density at radius 1 is 0.289 bits per heavy atom. The maximum atomic E-state index is 12.9. The summed E-state index contributed by atoms with van der Waals surface area (Å²) in [6.45, 7) is 13.0. The van der Waals surface area contributed by atoms with E-state index in [1.54, 1.807) is 45.3 Å². The topological polar surface area (TPSA) is 203 Å². The summed E-state index contributed by atoms with van der Waals surface area (Å²) in [5.41, 5.74) is 10.9. The van der Waals surface area contributed by atoms with Gasteiger partial charge in [0.1, 0.15) is 0 Å². The van der Waals surface area contributed by atoms with Crippen LogP contribution in [0.2, 0.25) is 0 Å². The highest BCUT2D eigenvalue weighted by Crippen LogP contribution is 2.46. The molecule has 0 atom stereocenters. The standard InChI is InChI=1S/C54H74N4O12S6/c55-17-1-21-61-25-29-65-33-37-69-39-35-67-31-27-63-23-3-19-57-53(59)51-15-13-49(75-51)47-11-9-45(73-47)43-7-5-41(71-43)42-6-8-44(72-42)46-10-12-48(74-46)50-14-16-52(76-50)54(60)58-20-4-24-64-28-32-68-36-40-70-38-34-66-30-26-62-22-2-18-56/h5-16H,1-4,17-40,55-56H2,(H,57,59)(H,58,60). The van der Waals surface area contributed by atoms with Crippen molar-refractivity contribution in [2.45, 2.75) is 25.7 Å². The first kappa shape index (κ1) is 61.9. The second-order valence-electron chi connectivity index (χ2n) is 16.6. The summed E-state index contributed by atoms with van der Waals surface area (Å²) < 4.78 is 55.1. The van der Waals surface area contributed by atoms with Gasteiger partial charge in [0.05, 0.1) is 115 Å². The molecule has 22 heteroatoms. The van der Waals surface area contributed by atoms with Crippen LogP contribution in [0.25, 0.3) is 48.8 Å². The predicted octanol–water partition coefficient (Wildman–Crippen LogP) is 9.49. The van der Waals surface area contributed by atoms with Crippen LogP contribution < -0.4 is 22.1 Å². The number of nitrogens with one attached hydrogen (secondary N) is 2. The summed E-state index contributed by atoms with van der Waals surface area (Å²) in [5.74, 6) is -0.143. The molecule has 0 aliphatic rings. The molecule has 0 aliphatic carbocycles. The van der Waals surface area contributed by atoms with E-state index in [0.717, 1.165) is 32.4 Å². The highest BCUT2D eigenvalue weighted by Gasteiger charge is 2.16. The fourth-order valence-corrected chi connectivity index (χ4v) is 13.2. The van der Waals surface area contributed by atoms with Crippen molar-refractivity contribution in [2.24, 2.45) is 11.5 Å². The van der Waals surface area contributed by atoms with E-state index >= 15 is 0 Å². The van der Waals surface area contributed by atoms with Crippen molar-refractivity contribution < 1.29 is 57.0 Å². The molecule has 6 rings (SSSR count). The Hall–Kier alpha value is -3.34. The van der Waals surface area contributed by atoms with Gasteiger partial charge in [0, 0.05) is 88.3 Å². The minimum absolute atomic E-state index is 0.0717. The molecule has 76 heavy (non-hydrogen) atoms. The molecule has 0 saturated heterocycles. The molecule has 0 aromatic carbocycles. The third kappa shape index (κ3) is 23.6. The summed E-state index contributed by atoms with van der Waals surface area (Å²) in [5, 5.41) is 6.04. The Labute approximate surface area is 471 Å². The molecule has 6 N–H and O–H groups in total. The van der Waals surface area contributed by atoms with Gasteiger partial charge in [-0.05, 0) is 112 Å². The molecular formula is C54H74N4O12S6. The summed E-state index contributed by atoms with van der Waals surface area (Å²) in [4.78, 5) is 38.9. The van der Waals surface area contributed by atoms with Crippen molar-refractivity contribution in [3.63, 3.8) is 0 Å². The second-order valence-corrected chi connectivity index (χ2v) is 23.1. The molecule has 16 nitrogen and oxygen atoms in total. The van der Waals surface area contributed by atoms with E-state index < -0.39 is 0 Å². The van der Waals surface area contributed by atoms with Gasteiger partial charge in [-0.25, -0.2) is 0 Å². The molecule has 6 heterocycles. The lowest BCUT2D eigenvalue weighted by molar-refractivity contribution is -0.0111. The normalized spacial score (nSPS) is 11.6. The fraction of sp³-hybridized carbons (Fsp3) is 0.519. The van der Waals surface area contributed by atoms with Crippen LogP contribution in [0.4, 0.5) is 0 Å². The maximum Gasteiger partial charge on any atom is 0.261 e. The first-order chi connectivity index (χ1) is 37.5. The van der Waals surface area contributed by atoms with Gasteiger partial charge in [-0.1, -0.05) is 0 Å². The average molecular weight is 1160 g/mol. The molecule has 6 aromatic heterocycles. The van der Waals surface area contributed by atoms with Crippen LogP contribution in [-0.4, -0.2) is 170 Å². The van der Waals surface area contributed by atoms with Crippen LogP contribution in [-0.2, 0) is 47.4 Å². The number of nitrogens with two attached hydrogens (primary N) is 2. The highest BCUT2D eigenvalue weighted by molar-refractivity contribution is 7.30. The minimum Gasteiger partial charge on any atom is -0.379 e. The van der Waals surface area contributed by atoms with Gasteiger partial charge in [-0.2, -0.15) is 0 Å². The SMILES string of the molecule is NCCCOCCOCCOCCOCCOCCCNC(=O)c1ccc(-c2ccc(-c3ccc(-c4ccc(-c5ccc(-c6ccc(C(=O)NCCCOCCOCCOCCOCCOCCCN)s6)s5)s4)s3)s2)s1. The number of carbonyl (C=O) groups excluding carboxylic acids is 2. The second kappa shape index (κ2) is 38.3. The molecule has 0 saturated carbocycles. The Balaban J connectivity index is 0.800. The van der Waals surface area contributed by atoms with Gasteiger partial charge in [0.2, 0.25) is 0 Å². The molecule has 418 valence electrons. The van der Waals surface area contributed by atoms with Gasteiger partial charge in [-0.15, -0.1) is 68.0 Å². The fourth-order valence-electron chi connectivity index (χ4n) is 6.86. The van der Waals surface area contributed by atoms with Crippen LogP contribution in [0.3, 0.4) is 0 Å². The summed E-state index contributed by atoms with van der Waals surface area (Å²) >= 11 is 10.1. The van der Waals surface area contributed by atoms with Gasteiger partial charge >= 0.3 is 0 Å². The van der Waals surface area contributed by atoms with E-state index in [0.29, 0.717) is 181 Å². The van der Waals surface area contributed by atoms with Crippen molar-refractivity contribution >= 4 is 79.8 Å². The van der Waals surface area contributed by atoms with E-state index in [4.69, 9.17) is 58.8 Å². The molecule has 0 spiro atoms. The zero-order valence-electron chi connectivity index (χ0n) is 43.2. The Morgan fingerprint density at radius 3 is 0.724 bits per heavy atom.